The monoisotopic (exact) mass is 1030 g/mol. The van der Waals surface area contributed by atoms with E-state index in [1.165, 1.54) is 270 Å². The summed E-state index contributed by atoms with van der Waals surface area (Å²) in [6, 6.07) is 0. The minimum Gasteiger partial charge on any atom is -0.462 e. The van der Waals surface area contributed by atoms with Crippen LogP contribution >= 0.6 is 7.82 Å². The number of ether oxygens (including phenoxy) is 2. The van der Waals surface area contributed by atoms with Crippen LogP contribution in [0.4, 0.5) is 0 Å². The standard InChI is InChI=1S/C61H120NO8P/c1-3-5-7-9-11-13-15-17-19-21-23-25-27-29-31-33-35-37-39-41-43-45-47-49-51-53-60(63)67-57-59(58-69-71(65,66)68-56-55-62)70-61(64)54-52-50-48-46-44-42-40-38-36-34-32-30-28-26-24-22-20-18-16-14-12-10-8-6-4-2/h22,24,59H,3-21,23,25-58,62H2,1-2H3,(H,65,66)/b24-22-. The van der Waals surface area contributed by atoms with Gasteiger partial charge in [-0.05, 0) is 38.5 Å². The molecule has 422 valence electrons. The van der Waals surface area contributed by atoms with E-state index in [1.54, 1.807) is 0 Å². The minimum atomic E-state index is -4.38. The fourth-order valence-corrected chi connectivity index (χ4v) is 10.3. The lowest BCUT2D eigenvalue weighted by atomic mass is 10.0. The summed E-state index contributed by atoms with van der Waals surface area (Å²) in [5.41, 5.74) is 5.39. The highest BCUT2D eigenvalue weighted by molar-refractivity contribution is 7.47. The van der Waals surface area contributed by atoms with Gasteiger partial charge in [0, 0.05) is 19.4 Å². The second-order valence-electron chi connectivity index (χ2n) is 21.3. The Labute approximate surface area is 440 Å². The number of rotatable bonds is 60. The number of carbonyl (C=O) groups excluding carboxylic acids is 2. The lowest BCUT2D eigenvalue weighted by Gasteiger charge is -2.19. The second-order valence-corrected chi connectivity index (χ2v) is 22.7. The number of esters is 2. The fraction of sp³-hybridized carbons (Fsp3) is 0.934. The normalized spacial score (nSPS) is 13.0. The van der Waals surface area contributed by atoms with Crippen molar-refractivity contribution >= 4 is 19.8 Å². The van der Waals surface area contributed by atoms with Crippen molar-refractivity contribution in [3.63, 3.8) is 0 Å². The molecule has 0 spiro atoms. The molecule has 0 aromatic rings. The van der Waals surface area contributed by atoms with Gasteiger partial charge in [-0.2, -0.15) is 0 Å². The van der Waals surface area contributed by atoms with Crippen LogP contribution in [0.25, 0.3) is 0 Å². The van der Waals surface area contributed by atoms with Gasteiger partial charge in [0.2, 0.25) is 0 Å². The Bertz CT molecular complexity index is 1170. The van der Waals surface area contributed by atoms with E-state index in [4.69, 9.17) is 24.3 Å². The Balaban J connectivity index is 3.88. The number of hydrogen-bond donors (Lipinski definition) is 2. The minimum absolute atomic E-state index is 0.0572. The number of phosphoric ester groups is 1. The summed E-state index contributed by atoms with van der Waals surface area (Å²) in [6.07, 6.45) is 67.1. The number of nitrogens with two attached hydrogens (primary N) is 1. The van der Waals surface area contributed by atoms with Gasteiger partial charge >= 0.3 is 19.8 Å². The molecule has 0 aromatic carbocycles. The van der Waals surface area contributed by atoms with Gasteiger partial charge in [0.15, 0.2) is 6.10 Å². The van der Waals surface area contributed by atoms with Gasteiger partial charge in [0.1, 0.15) is 6.61 Å². The molecule has 71 heavy (non-hydrogen) atoms. The van der Waals surface area contributed by atoms with Crippen LogP contribution in [0.3, 0.4) is 0 Å². The first-order valence-electron chi connectivity index (χ1n) is 31.2. The number of unbranched alkanes of at least 4 members (excludes halogenated alkanes) is 45. The van der Waals surface area contributed by atoms with Crippen LogP contribution in [-0.2, 0) is 32.7 Å². The third-order valence-electron chi connectivity index (χ3n) is 14.2. The first kappa shape index (κ1) is 69.8. The molecule has 0 radical (unpaired) electrons. The molecule has 0 heterocycles. The quantitative estimate of drug-likeness (QED) is 0.0264. The zero-order valence-electron chi connectivity index (χ0n) is 47.2. The molecular formula is C61H120NO8P. The second kappa shape index (κ2) is 58.0. The molecule has 2 atom stereocenters. The van der Waals surface area contributed by atoms with Crippen molar-refractivity contribution in [3.05, 3.63) is 12.2 Å². The number of hydrogen-bond acceptors (Lipinski definition) is 8. The number of phosphoric acid groups is 1. The Kier molecular flexibility index (Phi) is 57.0. The molecule has 0 aliphatic heterocycles. The molecule has 0 rings (SSSR count). The van der Waals surface area contributed by atoms with E-state index in [0.717, 1.165) is 32.1 Å². The molecule has 2 unspecified atom stereocenters. The third kappa shape index (κ3) is 57.9. The summed E-state index contributed by atoms with van der Waals surface area (Å²) in [6.45, 7) is 3.82. The van der Waals surface area contributed by atoms with Crippen molar-refractivity contribution in [1.82, 2.24) is 0 Å². The zero-order valence-corrected chi connectivity index (χ0v) is 48.1. The summed E-state index contributed by atoms with van der Waals surface area (Å²) in [5.74, 6) is -0.805. The maximum Gasteiger partial charge on any atom is 0.472 e. The van der Waals surface area contributed by atoms with Crippen LogP contribution < -0.4 is 5.73 Å². The van der Waals surface area contributed by atoms with Crippen molar-refractivity contribution in [2.45, 2.75) is 341 Å². The SMILES string of the molecule is CCCCCCCCCC/C=C\CCCCCCCCCCCCCCCC(=O)OC(COC(=O)CCCCCCCCCCCCCCCCCCCCCCCCCCC)COP(=O)(O)OCCN. The Morgan fingerprint density at radius 1 is 0.408 bits per heavy atom. The molecule has 0 saturated carbocycles. The van der Waals surface area contributed by atoms with Gasteiger partial charge in [-0.25, -0.2) is 4.57 Å². The number of carbonyl (C=O) groups is 2. The third-order valence-corrected chi connectivity index (χ3v) is 15.1. The molecule has 0 aliphatic carbocycles. The molecule has 10 heteroatoms. The van der Waals surface area contributed by atoms with E-state index < -0.39 is 26.5 Å². The molecule has 3 N–H and O–H groups in total. The van der Waals surface area contributed by atoms with E-state index in [9.17, 15) is 19.0 Å². The molecule has 9 nitrogen and oxygen atoms in total. The first-order valence-corrected chi connectivity index (χ1v) is 32.7. The maximum absolute atomic E-state index is 12.7. The van der Waals surface area contributed by atoms with E-state index in [2.05, 4.69) is 26.0 Å². The topological polar surface area (TPSA) is 134 Å². The number of allylic oxidation sites excluding steroid dienone is 2. The van der Waals surface area contributed by atoms with E-state index >= 15 is 0 Å². The predicted molar refractivity (Wildman–Crippen MR) is 303 cm³/mol. The highest BCUT2D eigenvalue weighted by Gasteiger charge is 2.26. The van der Waals surface area contributed by atoms with Gasteiger partial charge in [0.25, 0.3) is 0 Å². The average Bonchev–Trinajstić information content (AvgIpc) is 3.36. The lowest BCUT2D eigenvalue weighted by Crippen LogP contribution is -2.29. The van der Waals surface area contributed by atoms with Crippen molar-refractivity contribution in [1.29, 1.82) is 0 Å². The van der Waals surface area contributed by atoms with Gasteiger partial charge in [-0.3, -0.25) is 18.6 Å². The average molecular weight is 1030 g/mol. The van der Waals surface area contributed by atoms with Gasteiger partial charge in [0.05, 0.1) is 13.2 Å². The van der Waals surface area contributed by atoms with Crippen LogP contribution in [0.5, 0.6) is 0 Å². The fourth-order valence-electron chi connectivity index (χ4n) is 9.52. The Morgan fingerprint density at radius 2 is 0.690 bits per heavy atom. The summed E-state index contributed by atoms with van der Waals surface area (Å²) >= 11 is 0. The Morgan fingerprint density at radius 3 is 1.00 bits per heavy atom. The van der Waals surface area contributed by atoms with E-state index in [-0.39, 0.29) is 38.6 Å². The van der Waals surface area contributed by atoms with Crippen LogP contribution in [0.15, 0.2) is 12.2 Å². The summed E-state index contributed by atoms with van der Waals surface area (Å²) in [5, 5.41) is 0. The van der Waals surface area contributed by atoms with Crippen molar-refractivity contribution in [2.24, 2.45) is 5.73 Å². The van der Waals surface area contributed by atoms with Crippen LogP contribution in [0, 0.1) is 0 Å². The van der Waals surface area contributed by atoms with Crippen molar-refractivity contribution in [2.75, 3.05) is 26.4 Å². The molecule has 0 bridgehead atoms. The van der Waals surface area contributed by atoms with Gasteiger partial charge in [-0.15, -0.1) is 0 Å². The maximum atomic E-state index is 12.7. The van der Waals surface area contributed by atoms with Crippen LogP contribution in [0.2, 0.25) is 0 Å². The Hall–Kier alpha value is -1.25. The zero-order chi connectivity index (χ0) is 51.7. The smallest absolute Gasteiger partial charge is 0.462 e. The van der Waals surface area contributed by atoms with E-state index in [1.807, 2.05) is 0 Å². The largest absolute Gasteiger partial charge is 0.472 e. The molecule has 0 aliphatic rings. The van der Waals surface area contributed by atoms with Crippen molar-refractivity contribution < 1.29 is 37.6 Å². The summed E-state index contributed by atoms with van der Waals surface area (Å²) in [7, 11) is -4.38. The van der Waals surface area contributed by atoms with Gasteiger partial charge in [-0.1, -0.05) is 296 Å². The van der Waals surface area contributed by atoms with Crippen LogP contribution in [-0.4, -0.2) is 49.3 Å². The molecule has 0 amide bonds. The highest BCUT2D eigenvalue weighted by atomic mass is 31.2. The molecule has 0 fully saturated rings. The highest BCUT2D eigenvalue weighted by Crippen LogP contribution is 2.43. The van der Waals surface area contributed by atoms with E-state index in [0.29, 0.717) is 6.42 Å². The van der Waals surface area contributed by atoms with Gasteiger partial charge < -0.3 is 20.1 Å². The summed E-state index contributed by atoms with van der Waals surface area (Å²) < 4.78 is 33.1. The summed E-state index contributed by atoms with van der Waals surface area (Å²) in [4.78, 5) is 35.2. The molecule has 0 aromatic heterocycles. The molecule has 0 saturated heterocycles. The first-order chi connectivity index (χ1) is 34.8. The van der Waals surface area contributed by atoms with Crippen LogP contribution in [0.1, 0.15) is 335 Å². The van der Waals surface area contributed by atoms with Crippen molar-refractivity contribution in [3.8, 4) is 0 Å². The molecular weight excluding hydrogens is 906 g/mol. The predicted octanol–water partition coefficient (Wildman–Crippen LogP) is 19.6. The lowest BCUT2D eigenvalue weighted by molar-refractivity contribution is -0.161.